The first kappa shape index (κ1) is 30.7. The second kappa shape index (κ2) is 11.6. The zero-order valence-corrected chi connectivity index (χ0v) is 21.3. The molecule has 0 aliphatic heterocycles. The molecule has 7 atom stereocenters. The number of aliphatic hydroxyl groups excluding tert-OH is 3. The Kier molecular flexibility index (Phi) is 10.1. The summed E-state index contributed by atoms with van der Waals surface area (Å²) in [6, 6.07) is 0. The maximum Gasteiger partial charge on any atom is 0.333 e. The Balaban J connectivity index is 3.45. The van der Waals surface area contributed by atoms with E-state index < -0.39 is 65.4 Å². The van der Waals surface area contributed by atoms with Gasteiger partial charge in [-0.2, -0.15) is 0 Å². The van der Waals surface area contributed by atoms with Crippen molar-refractivity contribution < 1.29 is 49.4 Å². The van der Waals surface area contributed by atoms with Crippen LogP contribution in [0.4, 0.5) is 0 Å². The van der Waals surface area contributed by atoms with Gasteiger partial charge in [0.1, 0.15) is 18.3 Å². The van der Waals surface area contributed by atoms with Crippen molar-refractivity contribution in [2.75, 3.05) is 0 Å². The first-order valence-corrected chi connectivity index (χ1v) is 11.3. The van der Waals surface area contributed by atoms with Gasteiger partial charge in [0, 0.05) is 23.5 Å². The zero-order valence-electron chi connectivity index (χ0n) is 21.3. The maximum absolute atomic E-state index is 12.9. The van der Waals surface area contributed by atoms with E-state index in [9.17, 15) is 39.9 Å². The number of esters is 2. The van der Waals surface area contributed by atoms with Gasteiger partial charge >= 0.3 is 11.9 Å². The molecule has 1 rings (SSSR count). The third-order valence-corrected chi connectivity index (χ3v) is 6.43. The second-order valence-electron chi connectivity index (χ2n) is 9.62. The summed E-state index contributed by atoms with van der Waals surface area (Å²) in [4.78, 5) is 37.7. The topological polar surface area (TPSA) is 171 Å². The molecule has 10 heteroatoms. The number of Topliss-reactive ketones (excluding diaryl/α,β-unsaturated/α-hetero) is 1. The zero-order chi connectivity index (χ0) is 27.5. The first-order chi connectivity index (χ1) is 15.9. The number of allylic oxidation sites excluding steroid dienone is 2. The van der Waals surface area contributed by atoms with Crippen LogP contribution >= 0.6 is 0 Å². The Labute approximate surface area is 205 Å². The average molecular weight is 499 g/mol. The lowest BCUT2D eigenvalue weighted by molar-refractivity contribution is -0.206. The number of aliphatic hydroxyl groups is 5. The van der Waals surface area contributed by atoms with Crippen LogP contribution in [0.3, 0.4) is 0 Å². The van der Waals surface area contributed by atoms with E-state index in [0.29, 0.717) is 0 Å². The van der Waals surface area contributed by atoms with Crippen LogP contribution < -0.4 is 0 Å². The number of carbonyl (C=O) groups excluding carboxylic acids is 3. The van der Waals surface area contributed by atoms with Crippen molar-refractivity contribution in [2.45, 2.75) is 96.6 Å². The van der Waals surface area contributed by atoms with Crippen LogP contribution in [0.15, 0.2) is 35.5 Å². The summed E-state index contributed by atoms with van der Waals surface area (Å²) in [5, 5.41) is 53.1. The molecule has 35 heavy (non-hydrogen) atoms. The Morgan fingerprint density at radius 2 is 1.63 bits per heavy atom. The lowest BCUT2D eigenvalue weighted by Crippen LogP contribution is -2.67. The van der Waals surface area contributed by atoms with Gasteiger partial charge in [-0.1, -0.05) is 18.7 Å². The van der Waals surface area contributed by atoms with Crippen molar-refractivity contribution in [3.63, 3.8) is 0 Å². The van der Waals surface area contributed by atoms with Crippen LogP contribution in [-0.4, -0.2) is 85.0 Å². The van der Waals surface area contributed by atoms with Crippen LogP contribution in [0.2, 0.25) is 0 Å². The number of ketones is 1. The summed E-state index contributed by atoms with van der Waals surface area (Å²) >= 11 is 0. The third kappa shape index (κ3) is 6.86. The van der Waals surface area contributed by atoms with Gasteiger partial charge in [0.2, 0.25) is 0 Å². The van der Waals surface area contributed by atoms with E-state index in [1.165, 1.54) is 39.8 Å². The fourth-order valence-electron chi connectivity index (χ4n) is 3.56. The number of hydrogen-bond donors (Lipinski definition) is 5. The van der Waals surface area contributed by atoms with Crippen LogP contribution in [0, 0.1) is 5.92 Å². The van der Waals surface area contributed by atoms with E-state index in [2.05, 4.69) is 6.58 Å². The molecule has 0 aromatic heterocycles. The Morgan fingerprint density at radius 1 is 1.14 bits per heavy atom. The Morgan fingerprint density at radius 3 is 2.09 bits per heavy atom. The molecule has 0 bridgehead atoms. The van der Waals surface area contributed by atoms with E-state index in [4.69, 9.17) is 9.47 Å². The molecule has 10 nitrogen and oxygen atoms in total. The molecule has 0 aromatic carbocycles. The summed E-state index contributed by atoms with van der Waals surface area (Å²) in [5.74, 6) is -4.35. The van der Waals surface area contributed by atoms with Gasteiger partial charge in [0.25, 0.3) is 0 Å². The fraction of sp³-hybridized carbons (Fsp3) is 0.640. The number of carbonyl (C=O) groups is 3. The summed E-state index contributed by atoms with van der Waals surface area (Å²) in [5.41, 5.74) is -3.83. The molecule has 0 radical (unpaired) electrons. The van der Waals surface area contributed by atoms with Gasteiger partial charge in [-0.25, -0.2) is 9.59 Å². The molecule has 1 aliphatic rings. The van der Waals surface area contributed by atoms with Crippen molar-refractivity contribution in [2.24, 2.45) is 5.92 Å². The summed E-state index contributed by atoms with van der Waals surface area (Å²) in [7, 11) is 0. The molecule has 198 valence electrons. The van der Waals surface area contributed by atoms with E-state index in [-0.39, 0.29) is 23.1 Å². The highest BCUT2D eigenvalue weighted by Gasteiger charge is 2.59. The normalized spacial score (nSPS) is 29.9. The predicted molar refractivity (Wildman–Crippen MR) is 126 cm³/mol. The van der Waals surface area contributed by atoms with Gasteiger partial charge in [0.05, 0.1) is 11.7 Å². The van der Waals surface area contributed by atoms with Crippen molar-refractivity contribution in [3.8, 4) is 0 Å². The standard InChI is InChI=1S/C25H38O10/c1-9-12(3)22(30)34-15(11-16(26)24(6,7)32)14(5)17-18(27)20(29)25(8,33)21(19(17)28)35-23(31)13(4)10-2/h9-10,15-19,21,26-28,32-33H,5,11H2,1-4,6-8H3/b12-9-,13-10-/t15?,16?,17-,18-,19+,21+,25+/m1/s1. The van der Waals surface area contributed by atoms with Gasteiger partial charge in [-0.05, 0) is 54.0 Å². The van der Waals surface area contributed by atoms with Crippen molar-refractivity contribution in [1.82, 2.24) is 0 Å². The molecule has 0 spiro atoms. The largest absolute Gasteiger partial charge is 0.454 e. The van der Waals surface area contributed by atoms with Gasteiger partial charge < -0.3 is 35.0 Å². The highest BCUT2D eigenvalue weighted by atomic mass is 16.6. The van der Waals surface area contributed by atoms with E-state index in [0.717, 1.165) is 6.92 Å². The maximum atomic E-state index is 12.9. The van der Waals surface area contributed by atoms with Gasteiger partial charge in [0.15, 0.2) is 17.5 Å². The second-order valence-corrected chi connectivity index (χ2v) is 9.62. The minimum Gasteiger partial charge on any atom is -0.454 e. The molecule has 2 unspecified atom stereocenters. The van der Waals surface area contributed by atoms with Crippen molar-refractivity contribution >= 4 is 17.7 Å². The molecule has 1 saturated carbocycles. The molecule has 0 amide bonds. The minimum absolute atomic E-state index is 0.156. The lowest BCUT2D eigenvalue weighted by atomic mass is 9.68. The summed E-state index contributed by atoms with van der Waals surface area (Å²) < 4.78 is 10.7. The van der Waals surface area contributed by atoms with Gasteiger partial charge in [-0.3, -0.25) is 4.79 Å². The SMILES string of the molecule is C=C(C(CC(O)C(C)(C)O)OC(=O)/C(C)=C\C)[C@H]1[C@H](O)[C@H](OC(=O)/C(C)=C\C)[C@@](C)(O)C(=O)[C@@H]1O. The van der Waals surface area contributed by atoms with Gasteiger partial charge in [-0.15, -0.1) is 0 Å². The van der Waals surface area contributed by atoms with Crippen molar-refractivity contribution in [1.29, 1.82) is 0 Å². The predicted octanol–water partition coefficient (Wildman–Crippen LogP) is 0.492. The smallest absolute Gasteiger partial charge is 0.333 e. The molecular formula is C25H38O10. The number of ether oxygens (including phenoxy) is 2. The fourth-order valence-corrected chi connectivity index (χ4v) is 3.56. The summed E-state index contributed by atoms with van der Waals surface area (Å²) in [6.07, 6.45) is -5.85. The highest BCUT2D eigenvalue weighted by molar-refractivity contribution is 5.94. The van der Waals surface area contributed by atoms with E-state index >= 15 is 0 Å². The number of hydrogen-bond acceptors (Lipinski definition) is 10. The molecule has 1 fully saturated rings. The van der Waals surface area contributed by atoms with Crippen LogP contribution in [0.5, 0.6) is 0 Å². The molecular weight excluding hydrogens is 460 g/mol. The van der Waals surface area contributed by atoms with E-state index in [1.807, 2.05) is 0 Å². The van der Waals surface area contributed by atoms with E-state index in [1.54, 1.807) is 13.8 Å². The number of rotatable bonds is 9. The lowest BCUT2D eigenvalue weighted by Gasteiger charge is -2.46. The summed E-state index contributed by atoms with van der Waals surface area (Å²) in [6.45, 7) is 13.6. The molecule has 0 saturated heterocycles. The average Bonchev–Trinajstić information content (AvgIpc) is 2.77. The molecule has 5 N–H and O–H groups in total. The molecule has 0 heterocycles. The van der Waals surface area contributed by atoms with Crippen LogP contribution in [0.25, 0.3) is 0 Å². The highest BCUT2D eigenvalue weighted by Crippen LogP contribution is 2.38. The molecule has 1 aliphatic carbocycles. The molecule has 0 aromatic rings. The Bertz CT molecular complexity index is 892. The minimum atomic E-state index is -2.43. The van der Waals surface area contributed by atoms with Crippen LogP contribution in [-0.2, 0) is 23.9 Å². The first-order valence-electron chi connectivity index (χ1n) is 11.3. The van der Waals surface area contributed by atoms with Crippen LogP contribution in [0.1, 0.15) is 54.9 Å². The quantitative estimate of drug-likeness (QED) is 0.171. The monoisotopic (exact) mass is 498 g/mol. The third-order valence-electron chi connectivity index (χ3n) is 6.43. The van der Waals surface area contributed by atoms with Crippen molar-refractivity contribution in [3.05, 3.63) is 35.5 Å². The Hall–Kier alpha value is -2.37.